The molecule has 3 N–H and O–H groups in total. The minimum absolute atomic E-state index is 0.151. The molecular weight excluding hydrogens is 472 g/mol. The van der Waals surface area contributed by atoms with Gasteiger partial charge in [-0.1, -0.05) is 51.2 Å². The minimum Gasteiger partial charge on any atom is -0.457 e. The van der Waals surface area contributed by atoms with Crippen molar-refractivity contribution in [1.29, 1.82) is 0 Å². The van der Waals surface area contributed by atoms with Gasteiger partial charge in [0.1, 0.15) is 17.8 Å². The number of hydrogen-bond donors (Lipinski definition) is 3. The van der Waals surface area contributed by atoms with E-state index < -0.39 is 35.9 Å². The molecule has 0 aromatic rings. The van der Waals surface area contributed by atoms with Crippen LogP contribution in [0, 0.1) is 11.8 Å². The van der Waals surface area contributed by atoms with Gasteiger partial charge in [-0.05, 0) is 76.0 Å². The fourth-order valence-electron chi connectivity index (χ4n) is 4.25. The Kier molecular flexibility index (Phi) is 14.1. The highest BCUT2D eigenvalue weighted by atomic mass is 16.6. The number of esters is 2. The summed E-state index contributed by atoms with van der Waals surface area (Å²) < 4.78 is 11.1. The molecule has 1 aliphatic heterocycles. The van der Waals surface area contributed by atoms with Crippen LogP contribution < -0.4 is 0 Å². The van der Waals surface area contributed by atoms with Crippen molar-refractivity contribution in [1.82, 2.24) is 0 Å². The number of aliphatic hydroxyl groups excluding tert-OH is 2. The van der Waals surface area contributed by atoms with Gasteiger partial charge in [0.15, 0.2) is 0 Å². The largest absolute Gasteiger partial charge is 0.457 e. The summed E-state index contributed by atoms with van der Waals surface area (Å²) in [6, 6.07) is 0. The van der Waals surface area contributed by atoms with Gasteiger partial charge < -0.3 is 24.8 Å². The average Bonchev–Trinajstić information content (AvgIpc) is 2.82. The van der Waals surface area contributed by atoms with Crippen LogP contribution >= 0.6 is 0 Å². The Morgan fingerprint density at radius 3 is 2.59 bits per heavy atom. The van der Waals surface area contributed by atoms with Crippen LogP contribution in [0.25, 0.3) is 0 Å². The van der Waals surface area contributed by atoms with Crippen molar-refractivity contribution in [2.24, 2.45) is 11.8 Å². The summed E-state index contributed by atoms with van der Waals surface area (Å²) in [5, 5.41) is 31.1. The van der Waals surface area contributed by atoms with Crippen LogP contribution in [-0.4, -0.2) is 57.3 Å². The van der Waals surface area contributed by atoms with E-state index in [4.69, 9.17) is 9.47 Å². The maximum Gasteiger partial charge on any atom is 0.309 e. The van der Waals surface area contributed by atoms with Crippen LogP contribution in [-0.2, 0) is 19.1 Å². The molecule has 0 aliphatic carbocycles. The summed E-state index contributed by atoms with van der Waals surface area (Å²) in [5.74, 6) is -0.962. The molecule has 0 aromatic heterocycles. The van der Waals surface area contributed by atoms with Crippen molar-refractivity contribution in [3.63, 3.8) is 0 Å². The zero-order chi connectivity index (χ0) is 28.2. The maximum absolute atomic E-state index is 12.6. The Labute approximate surface area is 222 Å². The molecule has 7 heteroatoms. The summed E-state index contributed by atoms with van der Waals surface area (Å²) in [4.78, 5) is 24.2. The third-order valence-electron chi connectivity index (χ3n) is 6.87. The van der Waals surface area contributed by atoms with Gasteiger partial charge in [-0.2, -0.15) is 0 Å². The smallest absolute Gasteiger partial charge is 0.309 e. The van der Waals surface area contributed by atoms with Gasteiger partial charge in [0.05, 0.1) is 18.6 Å². The molecule has 0 saturated carbocycles. The van der Waals surface area contributed by atoms with Crippen molar-refractivity contribution in [3.8, 4) is 0 Å². The molecule has 0 saturated heterocycles. The van der Waals surface area contributed by atoms with Crippen LogP contribution in [0.2, 0.25) is 0 Å². The highest BCUT2D eigenvalue weighted by molar-refractivity contribution is 5.70. The molecule has 0 unspecified atom stereocenters. The average molecular weight is 521 g/mol. The van der Waals surface area contributed by atoms with E-state index in [0.717, 1.165) is 24.0 Å². The zero-order valence-electron chi connectivity index (χ0n) is 23.6. The lowest BCUT2D eigenvalue weighted by atomic mass is 9.88. The molecule has 210 valence electrons. The second-order valence-corrected chi connectivity index (χ2v) is 10.7. The van der Waals surface area contributed by atoms with Gasteiger partial charge >= 0.3 is 11.9 Å². The van der Waals surface area contributed by atoms with E-state index in [1.165, 1.54) is 6.92 Å². The third-order valence-corrected chi connectivity index (χ3v) is 6.87. The van der Waals surface area contributed by atoms with Crippen LogP contribution in [0.5, 0.6) is 0 Å². The fraction of sp³-hybridized carbons (Fsp3) is 0.667. The van der Waals surface area contributed by atoms with Crippen LogP contribution in [0.15, 0.2) is 47.6 Å². The van der Waals surface area contributed by atoms with Gasteiger partial charge in [-0.25, -0.2) is 0 Å². The van der Waals surface area contributed by atoms with E-state index in [-0.39, 0.29) is 31.3 Å². The first-order valence-corrected chi connectivity index (χ1v) is 13.4. The Morgan fingerprint density at radius 2 is 1.97 bits per heavy atom. The Bertz CT molecular complexity index is 852. The van der Waals surface area contributed by atoms with Crippen molar-refractivity contribution in [2.45, 2.75) is 117 Å². The van der Waals surface area contributed by atoms with E-state index in [9.17, 15) is 24.9 Å². The summed E-state index contributed by atoms with van der Waals surface area (Å²) in [5.41, 5.74) is 0.439. The van der Waals surface area contributed by atoms with Crippen molar-refractivity contribution < 1.29 is 34.4 Å². The third kappa shape index (κ3) is 12.2. The lowest BCUT2D eigenvalue weighted by Crippen LogP contribution is -2.42. The highest BCUT2D eigenvalue weighted by Gasteiger charge is 2.35. The molecule has 7 nitrogen and oxygen atoms in total. The minimum atomic E-state index is -1.40. The molecule has 1 aliphatic rings. The molecule has 37 heavy (non-hydrogen) atoms. The van der Waals surface area contributed by atoms with Gasteiger partial charge in [0, 0.05) is 12.8 Å². The molecule has 0 aromatic carbocycles. The number of hydrogen-bond acceptors (Lipinski definition) is 7. The maximum atomic E-state index is 12.6. The molecule has 0 radical (unpaired) electrons. The number of rotatable bonds is 9. The number of ether oxygens (including phenoxy) is 2. The van der Waals surface area contributed by atoms with E-state index in [2.05, 4.69) is 19.1 Å². The quantitative estimate of drug-likeness (QED) is 0.224. The first kappa shape index (κ1) is 32.8. The second kappa shape index (κ2) is 15.9. The topological polar surface area (TPSA) is 113 Å². The number of carbonyl (C=O) groups is 2. The standard InChI is InChI=1S/C30H48O7/c1-8-26(33)21(3)13-9-11-20(2)12-10-14-22(4)29-23(5)15-16-27(36-24(6)31)30(7,35)18-17-25(32)19-28(34)37-29/h10,12-16,20,23,25-27,29,32-33,35H,8-9,11,17-19H2,1-7H3/b12-10+,16-15+,21-13+,22-14+/t20-,23+,25-,26-,27+,29+,30+/m1/s1. The highest BCUT2D eigenvalue weighted by Crippen LogP contribution is 2.27. The first-order chi connectivity index (χ1) is 17.3. The van der Waals surface area contributed by atoms with Crippen molar-refractivity contribution in [3.05, 3.63) is 47.6 Å². The van der Waals surface area contributed by atoms with Gasteiger partial charge in [-0.3, -0.25) is 9.59 Å². The second-order valence-electron chi connectivity index (χ2n) is 10.7. The fourth-order valence-corrected chi connectivity index (χ4v) is 4.25. The monoisotopic (exact) mass is 520 g/mol. The van der Waals surface area contributed by atoms with Crippen molar-refractivity contribution >= 4 is 11.9 Å². The van der Waals surface area contributed by atoms with Crippen LogP contribution in [0.1, 0.15) is 87.0 Å². The van der Waals surface area contributed by atoms with Crippen LogP contribution in [0.4, 0.5) is 0 Å². The Hall–Kier alpha value is -2.22. The SMILES string of the molecule is CC[C@@H](O)/C(C)=C/CC[C@@H](C)/C=C/C=C(\C)[C@@H]1OC(=O)C[C@H](O)CC[C@](C)(O)[C@@H](OC(C)=O)/C=C/[C@@H]1C. The number of carbonyl (C=O) groups excluding carboxylic acids is 2. The predicted octanol–water partition coefficient (Wildman–Crippen LogP) is 4.95. The number of allylic oxidation sites excluding steroid dienone is 4. The van der Waals surface area contributed by atoms with E-state index in [1.54, 1.807) is 19.1 Å². The summed E-state index contributed by atoms with van der Waals surface area (Å²) in [6.07, 6.45) is 11.3. The lowest BCUT2D eigenvalue weighted by molar-refractivity contribution is -0.157. The summed E-state index contributed by atoms with van der Waals surface area (Å²) in [7, 11) is 0. The first-order valence-electron chi connectivity index (χ1n) is 13.4. The van der Waals surface area contributed by atoms with Crippen LogP contribution in [0.3, 0.4) is 0 Å². The summed E-state index contributed by atoms with van der Waals surface area (Å²) >= 11 is 0. The molecular formula is C30H48O7. The molecule has 0 spiro atoms. The van der Waals surface area contributed by atoms with E-state index in [1.807, 2.05) is 39.8 Å². The van der Waals surface area contributed by atoms with Gasteiger partial charge in [0.2, 0.25) is 0 Å². The molecule has 0 fully saturated rings. The molecule has 1 rings (SSSR count). The van der Waals surface area contributed by atoms with Crippen molar-refractivity contribution in [2.75, 3.05) is 0 Å². The Balaban J connectivity index is 3.04. The van der Waals surface area contributed by atoms with E-state index >= 15 is 0 Å². The van der Waals surface area contributed by atoms with Gasteiger partial charge in [0.25, 0.3) is 0 Å². The number of cyclic esters (lactones) is 1. The predicted molar refractivity (Wildman–Crippen MR) is 146 cm³/mol. The summed E-state index contributed by atoms with van der Waals surface area (Å²) in [6.45, 7) is 12.7. The molecule has 0 amide bonds. The normalized spacial score (nSPS) is 31.1. The molecule has 7 atom stereocenters. The lowest BCUT2D eigenvalue weighted by Gasteiger charge is -2.32. The zero-order valence-corrected chi connectivity index (χ0v) is 23.6. The van der Waals surface area contributed by atoms with E-state index in [0.29, 0.717) is 12.3 Å². The number of aliphatic hydroxyl groups is 3. The molecule has 1 heterocycles. The van der Waals surface area contributed by atoms with Gasteiger partial charge in [-0.15, -0.1) is 0 Å². The molecule has 0 bridgehead atoms. The Morgan fingerprint density at radius 1 is 1.30 bits per heavy atom.